The zero-order valence-corrected chi connectivity index (χ0v) is 16.2. The first-order valence-corrected chi connectivity index (χ1v) is 9.30. The molecule has 0 bridgehead atoms. The average molecular weight is 358 g/mol. The van der Waals surface area contributed by atoms with Crippen LogP contribution in [0.3, 0.4) is 0 Å². The molecule has 0 fully saturated rings. The summed E-state index contributed by atoms with van der Waals surface area (Å²) < 4.78 is 7.50. The fourth-order valence-electron chi connectivity index (χ4n) is 2.69. The predicted octanol–water partition coefficient (Wildman–Crippen LogP) is 2.72. The molecule has 6 heteroatoms. The molecule has 2 N–H and O–H groups in total. The second kappa shape index (κ2) is 11.3. The Morgan fingerprint density at radius 3 is 2.81 bits per heavy atom. The van der Waals surface area contributed by atoms with E-state index in [1.165, 1.54) is 11.1 Å². The van der Waals surface area contributed by atoms with Gasteiger partial charge in [0.2, 0.25) is 0 Å². The van der Waals surface area contributed by atoms with Crippen LogP contribution in [0.1, 0.15) is 36.7 Å². The van der Waals surface area contributed by atoms with Gasteiger partial charge in [-0.3, -0.25) is 4.99 Å². The van der Waals surface area contributed by atoms with E-state index in [1.807, 2.05) is 26.2 Å². The maximum atomic E-state index is 5.35. The van der Waals surface area contributed by atoms with E-state index in [2.05, 4.69) is 49.4 Å². The van der Waals surface area contributed by atoms with Gasteiger partial charge in [-0.25, -0.2) is 4.98 Å². The van der Waals surface area contributed by atoms with Gasteiger partial charge in [-0.2, -0.15) is 0 Å². The molecule has 0 aliphatic rings. The molecule has 0 aliphatic heterocycles. The van der Waals surface area contributed by atoms with Gasteiger partial charge in [0, 0.05) is 52.3 Å². The highest BCUT2D eigenvalue weighted by atomic mass is 16.5. The molecule has 1 aromatic heterocycles. The summed E-state index contributed by atoms with van der Waals surface area (Å²) in [7, 11) is 1.80. The van der Waals surface area contributed by atoms with E-state index in [4.69, 9.17) is 4.74 Å². The van der Waals surface area contributed by atoms with Crippen molar-refractivity contribution in [2.75, 3.05) is 26.8 Å². The summed E-state index contributed by atoms with van der Waals surface area (Å²) in [5, 5.41) is 6.72. The van der Waals surface area contributed by atoms with E-state index >= 15 is 0 Å². The molecule has 6 nitrogen and oxygen atoms in total. The molecule has 0 aliphatic carbocycles. The molecule has 0 amide bonds. The van der Waals surface area contributed by atoms with Crippen LogP contribution in [0.2, 0.25) is 0 Å². The van der Waals surface area contributed by atoms with Gasteiger partial charge in [-0.05, 0) is 37.8 Å². The van der Waals surface area contributed by atoms with E-state index in [9.17, 15) is 0 Å². The minimum absolute atomic E-state index is 0.745. The Labute approximate surface area is 156 Å². The summed E-state index contributed by atoms with van der Waals surface area (Å²) in [5.74, 6) is 1.86. The smallest absolute Gasteiger partial charge is 0.191 e. The van der Waals surface area contributed by atoms with Gasteiger partial charge in [0.15, 0.2) is 5.96 Å². The Kier molecular flexibility index (Phi) is 8.69. The fraction of sp³-hybridized carbons (Fsp3) is 0.500. The maximum absolute atomic E-state index is 5.35. The number of benzene rings is 1. The normalized spacial score (nSPS) is 11.6. The lowest BCUT2D eigenvalue weighted by Gasteiger charge is -2.13. The van der Waals surface area contributed by atoms with Crippen molar-refractivity contribution < 1.29 is 4.74 Å². The summed E-state index contributed by atoms with van der Waals surface area (Å²) >= 11 is 0. The number of nitrogens with zero attached hydrogens (tertiary/aromatic N) is 3. The lowest BCUT2D eigenvalue weighted by atomic mass is 10.1. The van der Waals surface area contributed by atoms with Crippen LogP contribution >= 0.6 is 0 Å². The van der Waals surface area contributed by atoms with Crippen LogP contribution in [-0.4, -0.2) is 42.3 Å². The SMILES string of the molecule is CCOCCCCNC(=NC)NCc1cccc(Cn2ccnc2C)c1. The number of imidazole rings is 1. The minimum atomic E-state index is 0.745. The molecule has 1 aromatic carbocycles. The maximum Gasteiger partial charge on any atom is 0.191 e. The third-order valence-corrected chi connectivity index (χ3v) is 4.16. The van der Waals surface area contributed by atoms with Gasteiger partial charge in [0.1, 0.15) is 5.82 Å². The Morgan fingerprint density at radius 2 is 2.08 bits per heavy atom. The highest BCUT2D eigenvalue weighted by Crippen LogP contribution is 2.08. The number of rotatable bonds is 10. The van der Waals surface area contributed by atoms with E-state index in [0.29, 0.717) is 0 Å². The van der Waals surface area contributed by atoms with Gasteiger partial charge in [-0.1, -0.05) is 24.3 Å². The highest BCUT2D eigenvalue weighted by Gasteiger charge is 2.02. The molecule has 0 atom stereocenters. The van der Waals surface area contributed by atoms with E-state index < -0.39 is 0 Å². The third-order valence-electron chi connectivity index (χ3n) is 4.16. The molecule has 0 saturated heterocycles. The molecular formula is C20H31N5O. The van der Waals surface area contributed by atoms with E-state index in [0.717, 1.165) is 57.5 Å². The van der Waals surface area contributed by atoms with Crippen molar-refractivity contribution in [3.63, 3.8) is 0 Å². The van der Waals surface area contributed by atoms with Gasteiger partial charge >= 0.3 is 0 Å². The number of hydrogen-bond acceptors (Lipinski definition) is 3. The second-order valence-electron chi connectivity index (χ2n) is 6.18. The van der Waals surface area contributed by atoms with E-state index in [1.54, 1.807) is 7.05 Å². The number of nitrogens with one attached hydrogen (secondary N) is 2. The number of unbranched alkanes of at least 4 members (excludes halogenated alkanes) is 1. The molecule has 1 heterocycles. The van der Waals surface area contributed by atoms with Crippen LogP contribution in [0.5, 0.6) is 0 Å². The van der Waals surface area contributed by atoms with Gasteiger partial charge in [0.05, 0.1) is 0 Å². The van der Waals surface area contributed by atoms with Crippen LogP contribution in [-0.2, 0) is 17.8 Å². The van der Waals surface area contributed by atoms with E-state index in [-0.39, 0.29) is 0 Å². The van der Waals surface area contributed by atoms with Crippen LogP contribution in [0, 0.1) is 6.92 Å². The minimum Gasteiger partial charge on any atom is -0.382 e. The van der Waals surface area contributed by atoms with Gasteiger partial charge in [0.25, 0.3) is 0 Å². The molecule has 0 radical (unpaired) electrons. The Balaban J connectivity index is 1.77. The molecule has 2 aromatic rings. The summed E-state index contributed by atoms with van der Waals surface area (Å²) in [5.41, 5.74) is 2.50. The highest BCUT2D eigenvalue weighted by molar-refractivity contribution is 5.79. The average Bonchev–Trinajstić information content (AvgIpc) is 3.05. The van der Waals surface area contributed by atoms with Crippen LogP contribution in [0.15, 0.2) is 41.7 Å². The summed E-state index contributed by atoms with van der Waals surface area (Å²) in [6.07, 6.45) is 5.98. The number of aromatic nitrogens is 2. The summed E-state index contributed by atoms with van der Waals surface area (Å²) in [6, 6.07) is 8.60. The first-order chi connectivity index (χ1) is 12.7. The Hall–Kier alpha value is -2.34. The van der Waals surface area contributed by atoms with Crippen LogP contribution < -0.4 is 10.6 Å². The molecule has 0 spiro atoms. The molecular weight excluding hydrogens is 326 g/mol. The molecule has 0 saturated carbocycles. The number of hydrogen-bond donors (Lipinski definition) is 2. The molecule has 0 unspecified atom stereocenters. The first-order valence-electron chi connectivity index (χ1n) is 9.30. The van der Waals surface area contributed by atoms with Crippen molar-refractivity contribution in [2.45, 2.75) is 39.8 Å². The number of aryl methyl sites for hydroxylation is 1. The van der Waals surface area contributed by atoms with Crippen molar-refractivity contribution in [3.05, 3.63) is 53.6 Å². The number of aliphatic imine (C=N–C) groups is 1. The molecule has 142 valence electrons. The lowest BCUT2D eigenvalue weighted by Crippen LogP contribution is -2.37. The van der Waals surface area contributed by atoms with Gasteiger partial charge < -0.3 is 19.9 Å². The second-order valence-corrected chi connectivity index (χ2v) is 6.18. The van der Waals surface area contributed by atoms with Crippen LogP contribution in [0.4, 0.5) is 0 Å². The Morgan fingerprint density at radius 1 is 1.23 bits per heavy atom. The van der Waals surface area contributed by atoms with Gasteiger partial charge in [-0.15, -0.1) is 0 Å². The molecule has 26 heavy (non-hydrogen) atoms. The lowest BCUT2D eigenvalue weighted by molar-refractivity contribution is 0.143. The van der Waals surface area contributed by atoms with Crippen molar-refractivity contribution in [1.29, 1.82) is 0 Å². The zero-order chi connectivity index (χ0) is 18.6. The quantitative estimate of drug-likeness (QED) is 0.390. The van der Waals surface area contributed by atoms with Crippen molar-refractivity contribution in [1.82, 2.24) is 20.2 Å². The summed E-state index contributed by atoms with van der Waals surface area (Å²) in [6.45, 7) is 8.14. The summed E-state index contributed by atoms with van der Waals surface area (Å²) in [4.78, 5) is 8.56. The number of guanidine groups is 1. The fourth-order valence-corrected chi connectivity index (χ4v) is 2.69. The van der Waals surface area contributed by atoms with Crippen molar-refractivity contribution in [3.8, 4) is 0 Å². The topological polar surface area (TPSA) is 63.5 Å². The van der Waals surface area contributed by atoms with Crippen LogP contribution in [0.25, 0.3) is 0 Å². The predicted molar refractivity (Wildman–Crippen MR) is 106 cm³/mol. The first kappa shape index (κ1) is 20.0. The van der Waals surface area contributed by atoms with Crippen molar-refractivity contribution in [2.24, 2.45) is 4.99 Å². The third kappa shape index (κ3) is 6.88. The van der Waals surface area contributed by atoms with Crippen molar-refractivity contribution >= 4 is 5.96 Å². The largest absolute Gasteiger partial charge is 0.382 e. The molecule has 2 rings (SSSR count). The zero-order valence-electron chi connectivity index (χ0n) is 16.2. The Bertz CT molecular complexity index is 680. The monoisotopic (exact) mass is 357 g/mol. The number of ether oxygens (including phenoxy) is 1. The standard InChI is InChI=1S/C20H31N5O/c1-4-26-13-6-5-10-23-20(21-3)24-15-18-8-7-9-19(14-18)16-25-12-11-22-17(25)2/h7-9,11-12,14H,4-6,10,13,15-16H2,1-3H3,(H2,21,23,24).